The molecule has 14 heavy (non-hydrogen) atoms. The molecule has 0 aliphatic heterocycles. The summed E-state index contributed by atoms with van der Waals surface area (Å²) in [5, 5.41) is 6.37. The molecule has 0 aliphatic carbocycles. The number of hydrogen-bond acceptors (Lipinski definition) is 5. The molecule has 0 aliphatic rings. The van der Waals surface area contributed by atoms with Crippen molar-refractivity contribution in [3.63, 3.8) is 0 Å². The van der Waals surface area contributed by atoms with Crippen molar-refractivity contribution in [2.24, 2.45) is 0 Å². The van der Waals surface area contributed by atoms with Crippen LogP contribution in [-0.2, 0) is 0 Å². The van der Waals surface area contributed by atoms with Gasteiger partial charge in [-0.2, -0.15) is 0 Å². The van der Waals surface area contributed by atoms with E-state index in [0.29, 0.717) is 11.7 Å². The summed E-state index contributed by atoms with van der Waals surface area (Å²) in [7, 11) is 0. The van der Waals surface area contributed by atoms with Crippen LogP contribution in [0.3, 0.4) is 0 Å². The zero-order valence-corrected chi connectivity index (χ0v) is 8.55. The third-order valence-corrected chi connectivity index (χ3v) is 1.79. The number of nitrogens with zero attached hydrogens (tertiary/aromatic N) is 3. The van der Waals surface area contributed by atoms with E-state index in [4.69, 9.17) is 16.6 Å². The van der Waals surface area contributed by atoms with Crippen molar-refractivity contribution >= 4 is 12.2 Å². The summed E-state index contributed by atoms with van der Waals surface area (Å²) in [5.41, 5.74) is 1.74. The normalized spacial score (nSPS) is 10.4. The Morgan fingerprint density at radius 3 is 2.43 bits per heavy atom. The van der Waals surface area contributed by atoms with Gasteiger partial charge in [0.1, 0.15) is 0 Å². The van der Waals surface area contributed by atoms with Crippen LogP contribution >= 0.6 is 12.2 Å². The first kappa shape index (κ1) is 9.01. The van der Waals surface area contributed by atoms with Gasteiger partial charge < -0.3 is 4.42 Å². The molecule has 2 aromatic rings. The molecule has 0 unspecified atom stereocenters. The Labute approximate surface area is 85.2 Å². The molecule has 2 aromatic heterocycles. The lowest BCUT2D eigenvalue weighted by atomic mass is 10.3. The predicted octanol–water partition coefficient (Wildman–Crippen LogP) is 1.81. The predicted molar refractivity (Wildman–Crippen MR) is 52.2 cm³/mol. The average molecular weight is 208 g/mol. The van der Waals surface area contributed by atoms with Crippen LogP contribution in [0, 0.1) is 18.7 Å². The number of H-pyrrole nitrogens is 1. The highest BCUT2D eigenvalue weighted by atomic mass is 32.1. The van der Waals surface area contributed by atoms with Crippen LogP contribution < -0.4 is 0 Å². The fraction of sp³-hybridized carbons (Fsp3) is 0.250. The van der Waals surface area contributed by atoms with Crippen molar-refractivity contribution in [2.45, 2.75) is 13.8 Å². The van der Waals surface area contributed by atoms with Crippen molar-refractivity contribution in [1.82, 2.24) is 20.2 Å². The summed E-state index contributed by atoms with van der Waals surface area (Å²) >= 11 is 4.76. The second-order valence-electron chi connectivity index (χ2n) is 2.89. The third-order valence-electron chi connectivity index (χ3n) is 1.61. The van der Waals surface area contributed by atoms with Crippen LogP contribution in [0.4, 0.5) is 0 Å². The molecule has 1 N–H and O–H groups in total. The lowest BCUT2D eigenvalue weighted by Gasteiger charge is -1.97. The quantitative estimate of drug-likeness (QED) is 0.724. The molecule has 0 saturated heterocycles. The van der Waals surface area contributed by atoms with Crippen molar-refractivity contribution in [1.29, 1.82) is 0 Å². The number of aromatic amines is 1. The summed E-state index contributed by atoms with van der Waals surface area (Å²) in [6.45, 7) is 3.78. The van der Waals surface area contributed by atoms with Gasteiger partial charge in [-0.05, 0) is 32.1 Å². The van der Waals surface area contributed by atoms with Crippen LogP contribution in [0.5, 0.6) is 0 Å². The second-order valence-corrected chi connectivity index (χ2v) is 3.26. The highest BCUT2D eigenvalue weighted by Gasteiger charge is 2.08. The molecule has 0 amide bonds. The molecule has 0 spiro atoms. The molecule has 5 nitrogen and oxygen atoms in total. The van der Waals surface area contributed by atoms with E-state index in [-0.39, 0.29) is 4.84 Å². The Bertz CT molecular complexity index is 496. The van der Waals surface area contributed by atoms with Gasteiger partial charge in [-0.15, -0.1) is 5.10 Å². The van der Waals surface area contributed by atoms with Crippen molar-refractivity contribution in [3.05, 3.63) is 22.3 Å². The van der Waals surface area contributed by atoms with Crippen molar-refractivity contribution in [3.8, 4) is 11.7 Å². The van der Waals surface area contributed by atoms with E-state index in [1.165, 1.54) is 0 Å². The number of rotatable bonds is 1. The minimum Gasteiger partial charge on any atom is -0.406 e. The first-order valence-corrected chi connectivity index (χ1v) is 4.44. The number of nitrogens with one attached hydrogen (secondary N) is 1. The monoisotopic (exact) mass is 208 g/mol. The van der Waals surface area contributed by atoms with Gasteiger partial charge in [-0.25, -0.2) is 15.1 Å². The number of hydrogen-bond donors (Lipinski definition) is 1. The van der Waals surface area contributed by atoms with Gasteiger partial charge in [0.05, 0.1) is 0 Å². The Kier molecular flexibility index (Phi) is 2.12. The van der Waals surface area contributed by atoms with E-state index in [1.807, 2.05) is 19.9 Å². The maximum Gasteiger partial charge on any atom is 0.284 e. The maximum atomic E-state index is 5.10. The molecule has 0 aromatic carbocycles. The molecule has 2 heterocycles. The summed E-state index contributed by atoms with van der Waals surface area (Å²) < 4.78 is 5.10. The molecule has 0 bridgehead atoms. The van der Waals surface area contributed by atoms with Crippen LogP contribution in [0.15, 0.2) is 10.5 Å². The van der Waals surface area contributed by atoms with Gasteiger partial charge in [0.2, 0.25) is 5.82 Å². The van der Waals surface area contributed by atoms with E-state index in [2.05, 4.69) is 20.2 Å². The van der Waals surface area contributed by atoms with Gasteiger partial charge >= 0.3 is 0 Å². The largest absolute Gasteiger partial charge is 0.406 e. The van der Waals surface area contributed by atoms with Gasteiger partial charge in [-0.3, -0.25) is 0 Å². The first-order chi connectivity index (χ1) is 6.65. The highest BCUT2D eigenvalue weighted by Crippen LogP contribution is 2.12. The molecule has 0 fully saturated rings. The van der Waals surface area contributed by atoms with Crippen molar-refractivity contribution in [2.75, 3.05) is 0 Å². The molecule has 0 saturated carbocycles. The fourth-order valence-corrected chi connectivity index (χ4v) is 1.27. The maximum absolute atomic E-state index is 5.10. The minimum atomic E-state index is 0.225. The summed E-state index contributed by atoms with van der Waals surface area (Å²) in [4.78, 5) is 8.59. The van der Waals surface area contributed by atoms with Gasteiger partial charge in [0.25, 0.3) is 10.7 Å². The fourth-order valence-electron chi connectivity index (χ4n) is 1.15. The summed E-state index contributed by atoms with van der Waals surface area (Å²) in [6.07, 6.45) is 0. The summed E-state index contributed by atoms with van der Waals surface area (Å²) in [6, 6.07) is 1.88. The number of aromatic nitrogens is 4. The Balaban J connectivity index is 2.56. The third kappa shape index (κ3) is 1.69. The Morgan fingerprint density at radius 2 is 1.93 bits per heavy atom. The Morgan fingerprint density at radius 1 is 1.29 bits per heavy atom. The van der Waals surface area contributed by atoms with Crippen LogP contribution in [-0.4, -0.2) is 20.2 Å². The zero-order valence-electron chi connectivity index (χ0n) is 7.74. The van der Waals surface area contributed by atoms with Gasteiger partial charge in [-0.1, -0.05) is 0 Å². The smallest absolute Gasteiger partial charge is 0.284 e. The van der Waals surface area contributed by atoms with Gasteiger partial charge in [0.15, 0.2) is 0 Å². The SMILES string of the molecule is Cc1cc(C)nc(-c2n[nH]c(=S)o2)n1. The minimum absolute atomic E-state index is 0.225. The first-order valence-electron chi connectivity index (χ1n) is 4.03. The number of aryl methyl sites for hydroxylation is 2. The van der Waals surface area contributed by atoms with E-state index in [1.54, 1.807) is 0 Å². The molecular weight excluding hydrogens is 200 g/mol. The Hall–Kier alpha value is -1.56. The standard InChI is InChI=1S/C8H8N4OS/c1-4-3-5(2)10-6(9-4)7-11-12-8(14)13-7/h3H,1-2H3,(H,12,14). The topological polar surface area (TPSA) is 67.6 Å². The van der Waals surface area contributed by atoms with E-state index < -0.39 is 0 Å². The van der Waals surface area contributed by atoms with E-state index in [9.17, 15) is 0 Å². The second kappa shape index (κ2) is 3.30. The molecule has 0 radical (unpaired) electrons. The van der Waals surface area contributed by atoms with Crippen molar-refractivity contribution < 1.29 is 4.42 Å². The van der Waals surface area contributed by atoms with Gasteiger partial charge in [0, 0.05) is 11.4 Å². The van der Waals surface area contributed by atoms with Crippen LogP contribution in [0.1, 0.15) is 11.4 Å². The summed E-state index contributed by atoms with van der Waals surface area (Å²) in [5.74, 6) is 0.775. The average Bonchev–Trinajstić information content (AvgIpc) is 2.50. The van der Waals surface area contributed by atoms with E-state index in [0.717, 1.165) is 11.4 Å². The molecule has 2 rings (SSSR count). The lowest BCUT2D eigenvalue weighted by molar-refractivity contribution is 0.547. The zero-order chi connectivity index (χ0) is 10.1. The molecule has 6 heteroatoms. The van der Waals surface area contributed by atoms with Crippen LogP contribution in [0.2, 0.25) is 0 Å². The van der Waals surface area contributed by atoms with E-state index >= 15 is 0 Å². The molecular formula is C8H8N4OS. The lowest BCUT2D eigenvalue weighted by Crippen LogP contribution is -1.94. The molecule has 72 valence electrons. The molecule has 0 atom stereocenters. The highest BCUT2D eigenvalue weighted by molar-refractivity contribution is 7.71. The van der Waals surface area contributed by atoms with Crippen LogP contribution in [0.25, 0.3) is 11.7 Å².